The van der Waals surface area contributed by atoms with E-state index in [0.717, 1.165) is 22.6 Å². The third kappa shape index (κ3) is 4.96. The van der Waals surface area contributed by atoms with E-state index in [1.807, 2.05) is 66.2 Å². The Morgan fingerprint density at radius 3 is 2.65 bits per heavy atom. The summed E-state index contributed by atoms with van der Waals surface area (Å²) in [6, 6.07) is 17.1. The van der Waals surface area contributed by atoms with Gasteiger partial charge in [-0.2, -0.15) is 0 Å². The second-order valence-corrected chi connectivity index (χ2v) is 8.53. The summed E-state index contributed by atoms with van der Waals surface area (Å²) in [5, 5.41) is 7.85. The second kappa shape index (κ2) is 9.43. The third-order valence-corrected chi connectivity index (χ3v) is 5.74. The highest BCUT2D eigenvalue weighted by Gasteiger charge is 2.23. The van der Waals surface area contributed by atoms with Crippen molar-refractivity contribution in [2.45, 2.75) is 26.3 Å². The van der Waals surface area contributed by atoms with Gasteiger partial charge in [-0.15, -0.1) is 5.10 Å². The Kier molecular flexibility index (Phi) is 6.03. The lowest BCUT2D eigenvalue weighted by molar-refractivity contribution is 0.281. The number of nitrogens with zero attached hydrogens (tertiary/aromatic N) is 4. The largest absolute Gasteiger partial charge is 0.494 e. The average molecular weight is 458 g/mol. The van der Waals surface area contributed by atoms with Crippen molar-refractivity contribution >= 4 is 11.4 Å². The molecule has 0 atom stereocenters. The van der Waals surface area contributed by atoms with Crippen LogP contribution in [0, 0.1) is 12.8 Å². The molecular formula is C26H27N5O3. The fourth-order valence-electron chi connectivity index (χ4n) is 3.70. The van der Waals surface area contributed by atoms with Gasteiger partial charge < -0.3 is 19.4 Å². The molecule has 1 fully saturated rings. The van der Waals surface area contributed by atoms with Gasteiger partial charge in [0.1, 0.15) is 11.4 Å². The summed E-state index contributed by atoms with van der Waals surface area (Å²) in [5.41, 5.74) is 3.88. The molecule has 1 aliphatic rings. The fraction of sp³-hybridized carbons (Fsp3) is 0.269. The molecule has 0 saturated heterocycles. The molecule has 1 saturated carbocycles. The van der Waals surface area contributed by atoms with Gasteiger partial charge in [-0.25, -0.2) is 9.67 Å². The number of ether oxygens (including phenoxy) is 2. The summed E-state index contributed by atoms with van der Waals surface area (Å²) in [5.74, 6) is 1.64. The first kappa shape index (κ1) is 21.8. The van der Waals surface area contributed by atoms with Gasteiger partial charge in [0.15, 0.2) is 0 Å². The smallest absolute Gasteiger partial charge is 0.269 e. The van der Waals surface area contributed by atoms with Crippen molar-refractivity contribution in [2.24, 2.45) is 5.92 Å². The van der Waals surface area contributed by atoms with E-state index in [9.17, 15) is 4.79 Å². The van der Waals surface area contributed by atoms with Crippen LogP contribution >= 0.6 is 0 Å². The zero-order chi connectivity index (χ0) is 23.5. The Hall–Kier alpha value is -4.07. The first-order valence-electron chi connectivity index (χ1n) is 11.3. The lowest BCUT2D eigenvalue weighted by Gasteiger charge is -2.16. The highest BCUT2D eigenvalue weighted by Crippen LogP contribution is 2.33. The molecule has 2 heterocycles. The quantitative estimate of drug-likeness (QED) is 0.403. The summed E-state index contributed by atoms with van der Waals surface area (Å²) in [6.07, 6.45) is 6.02. The summed E-state index contributed by atoms with van der Waals surface area (Å²) in [7, 11) is 1.63. The van der Waals surface area contributed by atoms with Crippen molar-refractivity contribution in [3.8, 4) is 17.3 Å². The maximum absolute atomic E-state index is 12.9. The molecule has 8 nitrogen and oxygen atoms in total. The van der Waals surface area contributed by atoms with Crippen molar-refractivity contribution in [1.29, 1.82) is 0 Å². The maximum atomic E-state index is 12.9. The zero-order valence-corrected chi connectivity index (χ0v) is 19.3. The molecule has 0 bridgehead atoms. The Bertz CT molecular complexity index is 1340. The van der Waals surface area contributed by atoms with Crippen LogP contribution in [0.5, 0.6) is 11.6 Å². The van der Waals surface area contributed by atoms with E-state index >= 15 is 0 Å². The first-order chi connectivity index (χ1) is 16.6. The SMILES string of the molecule is COc1cc(Nc2cc(=O)n(Cc3ccccc3)nc2OCC2CC2)ccc1-n1cnc(C)c1. The van der Waals surface area contributed by atoms with Crippen molar-refractivity contribution < 1.29 is 9.47 Å². The number of aryl methyl sites for hydroxylation is 1. The minimum atomic E-state index is -0.206. The van der Waals surface area contributed by atoms with Crippen LogP contribution in [-0.4, -0.2) is 33.0 Å². The summed E-state index contributed by atoms with van der Waals surface area (Å²) in [6.45, 7) is 2.91. The Balaban J connectivity index is 1.44. The second-order valence-electron chi connectivity index (χ2n) is 8.53. The van der Waals surface area contributed by atoms with Crippen LogP contribution in [0.25, 0.3) is 5.69 Å². The topological polar surface area (TPSA) is 83.2 Å². The molecule has 5 rings (SSSR count). The molecule has 0 spiro atoms. The van der Waals surface area contributed by atoms with Crippen molar-refractivity contribution in [3.05, 3.63) is 88.7 Å². The number of hydrogen-bond donors (Lipinski definition) is 1. The molecule has 4 aromatic rings. The van der Waals surface area contributed by atoms with Crippen LogP contribution in [0.2, 0.25) is 0 Å². The van der Waals surface area contributed by atoms with Crippen molar-refractivity contribution in [3.63, 3.8) is 0 Å². The summed E-state index contributed by atoms with van der Waals surface area (Å²) >= 11 is 0. The third-order valence-electron chi connectivity index (χ3n) is 5.74. The van der Waals surface area contributed by atoms with Gasteiger partial charge in [0, 0.05) is 24.0 Å². The first-order valence-corrected chi connectivity index (χ1v) is 11.3. The van der Waals surface area contributed by atoms with Crippen LogP contribution in [0.4, 0.5) is 11.4 Å². The Morgan fingerprint density at radius 2 is 1.94 bits per heavy atom. The van der Waals surface area contributed by atoms with E-state index in [4.69, 9.17) is 9.47 Å². The van der Waals surface area contributed by atoms with Gasteiger partial charge in [0.25, 0.3) is 11.4 Å². The van der Waals surface area contributed by atoms with Gasteiger partial charge in [0.2, 0.25) is 0 Å². The molecule has 0 amide bonds. The molecule has 1 N–H and O–H groups in total. The molecule has 2 aromatic carbocycles. The normalized spacial score (nSPS) is 13.0. The van der Waals surface area contributed by atoms with Crippen molar-refractivity contribution in [2.75, 3.05) is 19.0 Å². The van der Waals surface area contributed by atoms with Gasteiger partial charge >= 0.3 is 0 Å². The maximum Gasteiger partial charge on any atom is 0.269 e. The highest BCUT2D eigenvalue weighted by atomic mass is 16.5. The Morgan fingerprint density at radius 1 is 1.12 bits per heavy atom. The van der Waals surface area contributed by atoms with Crippen molar-refractivity contribution in [1.82, 2.24) is 19.3 Å². The molecule has 34 heavy (non-hydrogen) atoms. The van der Waals surface area contributed by atoms with E-state index in [2.05, 4.69) is 15.4 Å². The van der Waals surface area contributed by atoms with E-state index in [1.165, 1.54) is 23.6 Å². The molecule has 0 unspecified atom stereocenters. The van der Waals surface area contributed by atoms with Gasteiger partial charge in [0.05, 0.1) is 38.0 Å². The molecule has 1 aliphatic carbocycles. The van der Waals surface area contributed by atoms with Crippen LogP contribution < -0.4 is 20.3 Å². The van der Waals surface area contributed by atoms with Crippen LogP contribution in [-0.2, 0) is 6.54 Å². The predicted octanol–water partition coefficient (Wildman–Crippen LogP) is 4.33. The van der Waals surface area contributed by atoms with E-state index < -0.39 is 0 Å². The highest BCUT2D eigenvalue weighted by molar-refractivity contribution is 5.67. The average Bonchev–Trinajstić information content (AvgIpc) is 3.58. The lowest BCUT2D eigenvalue weighted by Crippen LogP contribution is -2.24. The molecule has 174 valence electrons. The fourth-order valence-corrected chi connectivity index (χ4v) is 3.70. The number of rotatable bonds is 9. The van der Waals surface area contributed by atoms with Gasteiger partial charge in [-0.05, 0) is 43.4 Å². The number of imidazole rings is 1. The number of aromatic nitrogens is 4. The van der Waals surface area contributed by atoms with Crippen LogP contribution in [0.1, 0.15) is 24.1 Å². The number of anilines is 2. The predicted molar refractivity (Wildman–Crippen MR) is 130 cm³/mol. The standard InChI is InChI=1S/C26H27N5O3/c1-18-14-30(17-27-18)23-11-10-21(12-24(23)33-2)28-22-13-25(32)31(15-19-6-4-3-5-7-19)29-26(22)34-16-20-8-9-20/h3-7,10-14,17,20,28H,8-9,15-16H2,1-2H3. The van der Waals surface area contributed by atoms with Gasteiger partial charge in [-0.1, -0.05) is 30.3 Å². The number of nitrogens with one attached hydrogen (secondary N) is 1. The lowest BCUT2D eigenvalue weighted by atomic mass is 10.2. The number of hydrogen-bond acceptors (Lipinski definition) is 6. The zero-order valence-electron chi connectivity index (χ0n) is 19.3. The number of methoxy groups -OCH3 is 1. The minimum Gasteiger partial charge on any atom is -0.494 e. The molecule has 2 aromatic heterocycles. The molecule has 0 aliphatic heterocycles. The van der Waals surface area contributed by atoms with Crippen LogP contribution in [0.15, 0.2) is 71.9 Å². The summed E-state index contributed by atoms with van der Waals surface area (Å²) < 4.78 is 15.0. The number of benzene rings is 2. The minimum absolute atomic E-state index is 0.206. The van der Waals surface area contributed by atoms with Crippen LogP contribution in [0.3, 0.4) is 0 Å². The monoisotopic (exact) mass is 457 g/mol. The summed E-state index contributed by atoms with van der Waals surface area (Å²) in [4.78, 5) is 17.2. The van der Waals surface area contributed by atoms with E-state index in [1.54, 1.807) is 13.4 Å². The Labute approximate surface area is 197 Å². The molecular weight excluding hydrogens is 430 g/mol. The molecule has 8 heteroatoms. The van der Waals surface area contributed by atoms with Gasteiger partial charge in [-0.3, -0.25) is 4.79 Å². The van der Waals surface area contributed by atoms with E-state index in [0.29, 0.717) is 36.4 Å². The van der Waals surface area contributed by atoms with E-state index in [-0.39, 0.29) is 5.56 Å². The molecule has 0 radical (unpaired) electrons.